The predicted molar refractivity (Wildman–Crippen MR) is 90.3 cm³/mol. The fourth-order valence-electron chi connectivity index (χ4n) is 1.94. The number of likely N-dealkylation sites (N-methyl/N-ethyl adjacent to an activating group) is 1. The van der Waals surface area contributed by atoms with Crippen molar-refractivity contribution in [1.82, 2.24) is 9.27 Å². The molecule has 0 fully saturated rings. The Kier molecular flexibility index (Phi) is 5.63. The fraction of sp³-hybridized carbons (Fsp3) is 0.333. The lowest BCUT2D eigenvalue weighted by Gasteiger charge is -2.18. The first-order chi connectivity index (χ1) is 10.5. The lowest BCUT2D eigenvalue weighted by Crippen LogP contribution is -2.31. The molecule has 0 atom stereocenters. The minimum Gasteiger partial charge on any atom is -0.492 e. The second-order valence-corrected chi connectivity index (χ2v) is 5.96. The highest BCUT2D eigenvalue weighted by Gasteiger charge is 2.20. The minimum absolute atomic E-state index is 0.0645. The van der Waals surface area contributed by atoms with Crippen molar-refractivity contribution in [2.75, 3.05) is 32.6 Å². The Morgan fingerprint density at radius 2 is 2.27 bits per heavy atom. The van der Waals surface area contributed by atoms with E-state index in [1.54, 1.807) is 31.1 Å². The number of hydrogen-bond acceptors (Lipinski definition) is 5. The zero-order valence-corrected chi connectivity index (χ0v) is 14.3. The topological polar surface area (TPSA) is 54.5 Å². The molecule has 1 heterocycles. The van der Waals surface area contributed by atoms with Crippen LogP contribution in [0.25, 0.3) is 0 Å². The Balaban J connectivity index is 1.93. The quantitative estimate of drug-likeness (QED) is 0.877. The fourth-order valence-corrected chi connectivity index (χ4v) is 2.86. The summed E-state index contributed by atoms with van der Waals surface area (Å²) in [5.41, 5.74) is 1.36. The first kappa shape index (κ1) is 16.6. The average Bonchev–Trinajstić information content (AvgIpc) is 2.87. The SMILES string of the molecule is CNc1snc(C)c1C(=O)N(C)CCOc1cccc(Cl)c1. The summed E-state index contributed by atoms with van der Waals surface area (Å²) in [7, 11) is 3.53. The number of nitrogens with one attached hydrogen (secondary N) is 1. The third-order valence-electron chi connectivity index (χ3n) is 3.14. The van der Waals surface area contributed by atoms with E-state index in [-0.39, 0.29) is 5.91 Å². The molecule has 0 unspecified atom stereocenters. The highest BCUT2D eigenvalue weighted by Crippen LogP contribution is 2.25. The van der Waals surface area contributed by atoms with Crippen molar-refractivity contribution in [2.45, 2.75) is 6.92 Å². The van der Waals surface area contributed by atoms with Gasteiger partial charge in [0, 0.05) is 19.1 Å². The first-order valence-corrected chi connectivity index (χ1v) is 7.96. The van der Waals surface area contributed by atoms with Gasteiger partial charge in [-0.3, -0.25) is 4.79 Å². The van der Waals surface area contributed by atoms with Gasteiger partial charge in [-0.1, -0.05) is 17.7 Å². The molecule has 1 aromatic carbocycles. The van der Waals surface area contributed by atoms with Gasteiger partial charge in [-0.15, -0.1) is 0 Å². The Bertz CT molecular complexity index is 660. The van der Waals surface area contributed by atoms with Gasteiger partial charge in [-0.25, -0.2) is 0 Å². The molecular weight excluding hydrogens is 322 g/mol. The third-order valence-corrected chi connectivity index (χ3v) is 4.33. The van der Waals surface area contributed by atoms with Gasteiger partial charge in [0.25, 0.3) is 5.91 Å². The van der Waals surface area contributed by atoms with Crippen LogP contribution in [0.15, 0.2) is 24.3 Å². The van der Waals surface area contributed by atoms with Gasteiger partial charge in [-0.05, 0) is 36.7 Å². The van der Waals surface area contributed by atoms with Gasteiger partial charge in [-0.2, -0.15) is 4.37 Å². The molecule has 7 heteroatoms. The standard InChI is InChI=1S/C15H18ClN3O2S/c1-10-13(14(17-2)22-18-10)15(20)19(3)7-8-21-12-6-4-5-11(16)9-12/h4-6,9,17H,7-8H2,1-3H3. The summed E-state index contributed by atoms with van der Waals surface area (Å²) in [5, 5.41) is 4.41. The number of amides is 1. The smallest absolute Gasteiger partial charge is 0.258 e. The van der Waals surface area contributed by atoms with Crippen LogP contribution in [0.1, 0.15) is 16.1 Å². The van der Waals surface area contributed by atoms with E-state index in [1.165, 1.54) is 11.5 Å². The van der Waals surface area contributed by atoms with Crippen LogP contribution < -0.4 is 10.1 Å². The van der Waals surface area contributed by atoms with Crippen LogP contribution in [0, 0.1) is 6.92 Å². The van der Waals surface area contributed by atoms with E-state index in [9.17, 15) is 4.79 Å². The zero-order valence-electron chi connectivity index (χ0n) is 12.7. The number of ether oxygens (including phenoxy) is 1. The molecule has 1 aromatic heterocycles. The maximum absolute atomic E-state index is 12.5. The van der Waals surface area contributed by atoms with Crippen molar-refractivity contribution in [3.8, 4) is 5.75 Å². The van der Waals surface area contributed by atoms with Gasteiger partial charge >= 0.3 is 0 Å². The molecule has 1 N–H and O–H groups in total. The molecule has 0 radical (unpaired) electrons. The molecule has 5 nitrogen and oxygen atoms in total. The maximum atomic E-state index is 12.5. The monoisotopic (exact) mass is 339 g/mol. The van der Waals surface area contributed by atoms with Crippen molar-refractivity contribution in [2.24, 2.45) is 0 Å². The second-order valence-electron chi connectivity index (χ2n) is 4.75. The molecule has 1 amide bonds. The van der Waals surface area contributed by atoms with E-state index in [2.05, 4.69) is 9.69 Å². The Morgan fingerprint density at radius 1 is 1.50 bits per heavy atom. The van der Waals surface area contributed by atoms with Crippen molar-refractivity contribution in [1.29, 1.82) is 0 Å². The van der Waals surface area contributed by atoms with E-state index in [0.717, 1.165) is 10.7 Å². The van der Waals surface area contributed by atoms with E-state index >= 15 is 0 Å². The molecule has 22 heavy (non-hydrogen) atoms. The summed E-state index contributed by atoms with van der Waals surface area (Å²) in [6, 6.07) is 7.19. The number of halogens is 1. The number of anilines is 1. The van der Waals surface area contributed by atoms with Crippen LogP contribution >= 0.6 is 23.1 Å². The summed E-state index contributed by atoms with van der Waals surface area (Å²) in [4.78, 5) is 14.1. The number of hydrogen-bond donors (Lipinski definition) is 1. The van der Waals surface area contributed by atoms with Gasteiger partial charge in [0.15, 0.2) is 0 Å². The third kappa shape index (κ3) is 3.90. The summed E-state index contributed by atoms with van der Waals surface area (Å²) in [6.45, 7) is 2.71. The number of benzene rings is 1. The molecule has 118 valence electrons. The summed E-state index contributed by atoms with van der Waals surface area (Å²) >= 11 is 7.19. The summed E-state index contributed by atoms with van der Waals surface area (Å²) < 4.78 is 9.82. The highest BCUT2D eigenvalue weighted by molar-refractivity contribution is 7.10. The molecule has 2 rings (SSSR count). The van der Waals surface area contributed by atoms with Crippen molar-refractivity contribution in [3.63, 3.8) is 0 Å². The molecule has 0 saturated heterocycles. The van der Waals surface area contributed by atoms with Crippen molar-refractivity contribution >= 4 is 34.0 Å². The van der Waals surface area contributed by atoms with Crippen LogP contribution in [-0.2, 0) is 0 Å². The van der Waals surface area contributed by atoms with E-state index in [0.29, 0.717) is 29.5 Å². The maximum Gasteiger partial charge on any atom is 0.258 e. The van der Waals surface area contributed by atoms with Crippen molar-refractivity contribution < 1.29 is 9.53 Å². The van der Waals surface area contributed by atoms with Crippen LogP contribution in [0.5, 0.6) is 5.75 Å². The molecule has 0 saturated carbocycles. The summed E-state index contributed by atoms with van der Waals surface area (Å²) in [6.07, 6.45) is 0. The molecule has 2 aromatic rings. The Morgan fingerprint density at radius 3 is 2.95 bits per heavy atom. The number of aryl methyl sites for hydroxylation is 1. The van der Waals surface area contributed by atoms with Gasteiger partial charge in [0.1, 0.15) is 17.4 Å². The number of rotatable bonds is 6. The zero-order chi connectivity index (χ0) is 16.1. The minimum atomic E-state index is -0.0645. The van der Waals surface area contributed by atoms with Crippen LogP contribution in [0.3, 0.4) is 0 Å². The van der Waals surface area contributed by atoms with Crippen LogP contribution in [0.4, 0.5) is 5.00 Å². The molecular formula is C15H18ClN3O2S. The van der Waals surface area contributed by atoms with Gasteiger partial charge in [0.2, 0.25) is 0 Å². The largest absolute Gasteiger partial charge is 0.492 e. The number of carbonyl (C=O) groups is 1. The van der Waals surface area contributed by atoms with E-state index < -0.39 is 0 Å². The molecule has 0 aliphatic rings. The van der Waals surface area contributed by atoms with E-state index in [1.807, 2.05) is 19.1 Å². The van der Waals surface area contributed by atoms with E-state index in [4.69, 9.17) is 16.3 Å². The Hall–Kier alpha value is -1.79. The van der Waals surface area contributed by atoms with Gasteiger partial charge in [0.05, 0.1) is 17.8 Å². The van der Waals surface area contributed by atoms with Crippen molar-refractivity contribution in [3.05, 3.63) is 40.5 Å². The lowest BCUT2D eigenvalue weighted by molar-refractivity contribution is 0.0774. The first-order valence-electron chi connectivity index (χ1n) is 6.80. The van der Waals surface area contributed by atoms with Crippen LogP contribution in [0.2, 0.25) is 5.02 Å². The van der Waals surface area contributed by atoms with Gasteiger partial charge < -0.3 is 15.0 Å². The highest BCUT2D eigenvalue weighted by atomic mass is 35.5. The number of aromatic nitrogens is 1. The Labute approximate surface area is 139 Å². The number of nitrogens with zero attached hydrogens (tertiary/aromatic N) is 2. The average molecular weight is 340 g/mol. The molecule has 0 aliphatic carbocycles. The number of carbonyl (C=O) groups excluding carboxylic acids is 1. The van der Waals surface area contributed by atoms with Crippen LogP contribution in [-0.4, -0.2) is 42.4 Å². The lowest BCUT2D eigenvalue weighted by atomic mass is 10.2. The molecule has 0 spiro atoms. The second kappa shape index (κ2) is 7.47. The summed E-state index contributed by atoms with van der Waals surface area (Å²) in [5.74, 6) is 0.628. The normalized spacial score (nSPS) is 10.4. The molecule has 0 bridgehead atoms. The molecule has 0 aliphatic heterocycles. The predicted octanol–water partition coefficient (Wildman–Crippen LogP) is 3.30.